The van der Waals surface area contributed by atoms with E-state index in [9.17, 15) is 9.59 Å². The topological polar surface area (TPSA) is 89.4 Å². The van der Waals surface area contributed by atoms with Gasteiger partial charge in [-0.1, -0.05) is 50.2 Å². The Morgan fingerprint density at radius 3 is 2.32 bits per heavy atom. The lowest BCUT2D eigenvalue weighted by Crippen LogP contribution is -2.49. The van der Waals surface area contributed by atoms with E-state index in [1.807, 2.05) is 24.3 Å². The van der Waals surface area contributed by atoms with Gasteiger partial charge in [-0.05, 0) is 78.9 Å². The van der Waals surface area contributed by atoms with Crippen LogP contribution in [0.2, 0.25) is 0 Å². The summed E-state index contributed by atoms with van der Waals surface area (Å²) < 4.78 is 0. The molecule has 31 heavy (non-hydrogen) atoms. The third kappa shape index (κ3) is 3.99. The van der Waals surface area contributed by atoms with Gasteiger partial charge in [-0.2, -0.15) is 0 Å². The van der Waals surface area contributed by atoms with Crippen molar-refractivity contribution in [3.05, 3.63) is 70.8 Å². The van der Waals surface area contributed by atoms with E-state index < -0.39 is 5.41 Å². The number of rotatable bonds is 6. The van der Waals surface area contributed by atoms with Gasteiger partial charge in [0.1, 0.15) is 0 Å². The second-order valence-electron chi connectivity index (χ2n) is 9.83. The van der Waals surface area contributed by atoms with Crippen LogP contribution in [0.3, 0.4) is 0 Å². The van der Waals surface area contributed by atoms with Crippen molar-refractivity contribution in [3.8, 4) is 0 Å². The van der Waals surface area contributed by atoms with E-state index in [4.69, 9.17) is 11.5 Å². The Labute approximate surface area is 184 Å². The number of benzene rings is 2. The van der Waals surface area contributed by atoms with Crippen molar-refractivity contribution < 1.29 is 9.59 Å². The Balaban J connectivity index is 1.43. The highest BCUT2D eigenvalue weighted by Gasteiger charge is 2.43. The highest BCUT2D eigenvalue weighted by molar-refractivity contribution is 5.93. The molecule has 0 saturated carbocycles. The molecule has 2 amide bonds. The maximum Gasteiger partial charge on any atom is 0.248 e. The van der Waals surface area contributed by atoms with Crippen LogP contribution >= 0.6 is 0 Å². The van der Waals surface area contributed by atoms with E-state index in [0.717, 1.165) is 45.3 Å². The SMILES string of the molecule is C[C@H]1CN(CCC2(C(N)=O)Cc3ccccc3C2)CC[C@]1(C)c1cccc(C(N)=O)c1. The summed E-state index contributed by atoms with van der Waals surface area (Å²) >= 11 is 0. The van der Waals surface area contributed by atoms with Crippen LogP contribution in [0.5, 0.6) is 0 Å². The minimum absolute atomic E-state index is 0.00702. The molecule has 2 aromatic carbocycles. The maximum atomic E-state index is 12.5. The molecular weight excluding hydrogens is 386 g/mol. The standard InChI is InChI=1S/C26H33N3O2/c1-18-17-29(12-10-25(18,2)22-9-5-8-19(14-22)23(27)30)13-11-26(24(28)31)15-20-6-3-4-7-21(20)16-26/h3-9,14,18H,10-13,15-17H2,1-2H3,(H2,27,30)(H2,28,31)/t18-,25-/m0/s1. The fraction of sp³-hybridized carbons (Fsp3) is 0.462. The van der Waals surface area contributed by atoms with Gasteiger partial charge in [0.05, 0.1) is 5.41 Å². The Hall–Kier alpha value is -2.66. The fourth-order valence-electron chi connectivity index (χ4n) is 5.52. The summed E-state index contributed by atoms with van der Waals surface area (Å²) in [7, 11) is 0. The van der Waals surface area contributed by atoms with Crippen LogP contribution in [-0.2, 0) is 23.1 Å². The number of hydrogen-bond acceptors (Lipinski definition) is 3. The number of piperidine rings is 1. The van der Waals surface area contributed by atoms with E-state index >= 15 is 0 Å². The van der Waals surface area contributed by atoms with Gasteiger partial charge in [0.15, 0.2) is 0 Å². The molecule has 0 spiro atoms. The Morgan fingerprint density at radius 2 is 1.74 bits per heavy atom. The zero-order valence-electron chi connectivity index (χ0n) is 18.6. The van der Waals surface area contributed by atoms with Gasteiger partial charge in [-0.3, -0.25) is 9.59 Å². The van der Waals surface area contributed by atoms with Crippen molar-refractivity contribution in [2.24, 2.45) is 22.8 Å². The predicted octanol–water partition coefficient (Wildman–Crippen LogP) is 3.05. The zero-order chi connectivity index (χ0) is 22.2. The molecule has 2 aliphatic rings. The van der Waals surface area contributed by atoms with E-state index in [1.54, 1.807) is 6.07 Å². The third-order valence-corrected chi connectivity index (χ3v) is 7.98. The van der Waals surface area contributed by atoms with Gasteiger partial charge in [-0.25, -0.2) is 0 Å². The maximum absolute atomic E-state index is 12.5. The van der Waals surface area contributed by atoms with Crippen molar-refractivity contribution in [2.75, 3.05) is 19.6 Å². The Morgan fingerprint density at radius 1 is 1.06 bits per heavy atom. The number of likely N-dealkylation sites (tertiary alicyclic amines) is 1. The second kappa shape index (κ2) is 8.12. The van der Waals surface area contributed by atoms with Crippen molar-refractivity contribution in [3.63, 3.8) is 0 Å². The van der Waals surface area contributed by atoms with Crippen LogP contribution in [0.15, 0.2) is 48.5 Å². The molecule has 2 atom stereocenters. The molecule has 0 unspecified atom stereocenters. The first-order chi connectivity index (χ1) is 14.7. The number of primary amides is 2. The molecule has 1 fully saturated rings. The van der Waals surface area contributed by atoms with Crippen molar-refractivity contribution in [2.45, 2.75) is 44.9 Å². The molecule has 4 N–H and O–H groups in total. The number of carbonyl (C=O) groups is 2. The molecule has 0 aromatic heterocycles. The number of amides is 2. The smallest absolute Gasteiger partial charge is 0.248 e. The van der Waals surface area contributed by atoms with Crippen LogP contribution in [0.1, 0.15) is 53.7 Å². The normalized spacial score (nSPS) is 25.2. The lowest BCUT2D eigenvalue weighted by atomic mass is 9.67. The molecule has 2 aromatic rings. The summed E-state index contributed by atoms with van der Waals surface area (Å²) in [6.45, 7) is 7.35. The number of nitrogens with zero attached hydrogens (tertiary/aromatic N) is 1. The first-order valence-corrected chi connectivity index (χ1v) is 11.2. The highest BCUT2D eigenvalue weighted by atomic mass is 16.1. The van der Waals surface area contributed by atoms with Crippen LogP contribution in [-0.4, -0.2) is 36.3 Å². The molecule has 164 valence electrons. The van der Waals surface area contributed by atoms with Crippen LogP contribution < -0.4 is 11.5 Å². The minimum atomic E-state index is -0.469. The molecular formula is C26H33N3O2. The number of carbonyl (C=O) groups excluding carboxylic acids is 2. The molecule has 0 radical (unpaired) electrons. The van der Waals surface area contributed by atoms with Crippen molar-refractivity contribution in [1.82, 2.24) is 4.90 Å². The van der Waals surface area contributed by atoms with Gasteiger partial charge in [-0.15, -0.1) is 0 Å². The van der Waals surface area contributed by atoms with Gasteiger partial charge in [0.25, 0.3) is 0 Å². The summed E-state index contributed by atoms with van der Waals surface area (Å²) in [6.07, 6.45) is 3.29. The van der Waals surface area contributed by atoms with E-state index in [2.05, 4.69) is 36.9 Å². The van der Waals surface area contributed by atoms with Gasteiger partial charge in [0, 0.05) is 12.1 Å². The van der Waals surface area contributed by atoms with E-state index in [0.29, 0.717) is 11.5 Å². The molecule has 1 heterocycles. The summed E-state index contributed by atoms with van der Waals surface area (Å²) in [5.41, 5.74) is 15.2. The average Bonchev–Trinajstić information content (AvgIpc) is 3.15. The Kier molecular flexibility index (Phi) is 5.65. The first kappa shape index (κ1) is 21.6. The number of nitrogens with two attached hydrogens (primary N) is 2. The molecule has 5 nitrogen and oxygen atoms in total. The Bertz CT molecular complexity index is 977. The summed E-state index contributed by atoms with van der Waals surface area (Å²) in [5, 5.41) is 0. The summed E-state index contributed by atoms with van der Waals surface area (Å²) in [4.78, 5) is 26.6. The largest absolute Gasteiger partial charge is 0.369 e. The lowest BCUT2D eigenvalue weighted by molar-refractivity contribution is -0.128. The second-order valence-corrected chi connectivity index (χ2v) is 9.83. The quantitative estimate of drug-likeness (QED) is 0.754. The van der Waals surface area contributed by atoms with E-state index in [1.165, 1.54) is 16.7 Å². The number of fused-ring (bicyclic) bond motifs is 1. The molecule has 5 heteroatoms. The molecule has 1 saturated heterocycles. The van der Waals surface area contributed by atoms with Crippen molar-refractivity contribution >= 4 is 11.8 Å². The minimum Gasteiger partial charge on any atom is -0.369 e. The zero-order valence-corrected chi connectivity index (χ0v) is 18.6. The molecule has 1 aliphatic carbocycles. The van der Waals surface area contributed by atoms with Crippen LogP contribution in [0.25, 0.3) is 0 Å². The predicted molar refractivity (Wildman–Crippen MR) is 123 cm³/mol. The van der Waals surface area contributed by atoms with Gasteiger partial charge < -0.3 is 16.4 Å². The average molecular weight is 420 g/mol. The highest BCUT2D eigenvalue weighted by Crippen LogP contribution is 2.42. The third-order valence-electron chi connectivity index (χ3n) is 7.98. The van der Waals surface area contributed by atoms with Gasteiger partial charge in [0.2, 0.25) is 11.8 Å². The number of hydrogen-bond donors (Lipinski definition) is 2. The molecule has 1 aliphatic heterocycles. The molecule has 4 rings (SSSR count). The van der Waals surface area contributed by atoms with Crippen LogP contribution in [0.4, 0.5) is 0 Å². The summed E-state index contributed by atoms with van der Waals surface area (Å²) in [6, 6.07) is 16.1. The van der Waals surface area contributed by atoms with Crippen LogP contribution in [0, 0.1) is 11.3 Å². The first-order valence-electron chi connectivity index (χ1n) is 11.2. The summed E-state index contributed by atoms with van der Waals surface area (Å²) in [5.74, 6) is -0.151. The van der Waals surface area contributed by atoms with Gasteiger partial charge >= 0.3 is 0 Å². The van der Waals surface area contributed by atoms with E-state index in [-0.39, 0.29) is 17.2 Å². The monoisotopic (exact) mass is 419 g/mol. The molecule has 0 bridgehead atoms. The fourth-order valence-corrected chi connectivity index (χ4v) is 5.52. The lowest BCUT2D eigenvalue weighted by Gasteiger charge is -2.45. The van der Waals surface area contributed by atoms with Crippen molar-refractivity contribution in [1.29, 1.82) is 0 Å².